The lowest BCUT2D eigenvalue weighted by atomic mass is 9.94. The number of halogens is 5. The summed E-state index contributed by atoms with van der Waals surface area (Å²) >= 11 is 12.4. The van der Waals surface area contributed by atoms with Gasteiger partial charge in [0.2, 0.25) is 5.78 Å². The first kappa shape index (κ1) is 21.1. The third kappa shape index (κ3) is 4.16. The molecule has 0 aromatic heterocycles. The van der Waals surface area contributed by atoms with Crippen molar-refractivity contribution in [2.24, 2.45) is 0 Å². The molecule has 1 unspecified atom stereocenters. The number of carbonyl (C=O) groups is 1. The molecule has 1 aliphatic carbocycles. The number of hydrogen-bond acceptors (Lipinski definition) is 3. The summed E-state index contributed by atoms with van der Waals surface area (Å²) < 4.78 is 45.5. The van der Waals surface area contributed by atoms with E-state index in [1.807, 2.05) is 6.92 Å². The normalized spacial score (nSPS) is 19.3. The van der Waals surface area contributed by atoms with Gasteiger partial charge in [-0.3, -0.25) is 4.79 Å². The molecule has 0 bridgehead atoms. The van der Waals surface area contributed by atoms with E-state index in [9.17, 15) is 18.0 Å². The molecule has 1 N–H and O–H groups in total. The minimum absolute atomic E-state index is 0.133. The van der Waals surface area contributed by atoms with E-state index in [2.05, 4.69) is 5.32 Å². The Morgan fingerprint density at radius 2 is 1.90 bits per heavy atom. The lowest BCUT2D eigenvalue weighted by molar-refractivity contribution is -0.137. The van der Waals surface area contributed by atoms with E-state index < -0.39 is 17.8 Å². The van der Waals surface area contributed by atoms with Gasteiger partial charge in [-0.05, 0) is 54.7 Å². The fourth-order valence-corrected chi connectivity index (χ4v) is 3.90. The lowest BCUT2D eigenvalue weighted by Crippen LogP contribution is -2.23. The highest BCUT2D eigenvalue weighted by molar-refractivity contribution is 6.42. The van der Waals surface area contributed by atoms with E-state index in [0.29, 0.717) is 15.6 Å². The fraction of sp³-hybridized carbons (Fsp3) is 0.318. The molecular formula is C22H18Cl2F3NO2. The summed E-state index contributed by atoms with van der Waals surface area (Å²) in [6.07, 6.45) is -3.40. The van der Waals surface area contributed by atoms with Crippen molar-refractivity contribution in [3.05, 3.63) is 74.6 Å². The van der Waals surface area contributed by atoms with Gasteiger partial charge in [0.1, 0.15) is 0 Å². The zero-order valence-electron chi connectivity index (χ0n) is 15.9. The van der Waals surface area contributed by atoms with E-state index >= 15 is 0 Å². The molecule has 2 aliphatic rings. The predicted molar refractivity (Wildman–Crippen MR) is 109 cm³/mol. The molecule has 1 heterocycles. The number of benzene rings is 2. The van der Waals surface area contributed by atoms with Gasteiger partial charge in [0.05, 0.1) is 21.2 Å². The van der Waals surface area contributed by atoms with Crippen LogP contribution in [0, 0.1) is 6.92 Å². The Morgan fingerprint density at radius 3 is 2.57 bits per heavy atom. The number of nitrogens with one attached hydrogen (secondary N) is 1. The Morgan fingerprint density at radius 1 is 1.17 bits per heavy atom. The number of aryl methyl sites for hydroxylation is 1. The highest BCUT2D eigenvalue weighted by Gasteiger charge is 2.40. The molecule has 2 aromatic rings. The first-order chi connectivity index (χ1) is 14.1. The highest BCUT2D eigenvalue weighted by atomic mass is 35.5. The quantitative estimate of drug-likeness (QED) is 0.604. The van der Waals surface area contributed by atoms with Crippen molar-refractivity contribution in [3.8, 4) is 0 Å². The maximum Gasteiger partial charge on any atom is 0.416 e. The first-order valence-electron chi connectivity index (χ1n) is 9.48. The molecule has 3 nitrogen and oxygen atoms in total. The average molecular weight is 456 g/mol. The average Bonchev–Trinajstić information content (AvgIpc) is 3.45. The van der Waals surface area contributed by atoms with Crippen LogP contribution in [0.1, 0.15) is 35.1 Å². The van der Waals surface area contributed by atoms with Gasteiger partial charge in [-0.15, -0.1) is 0 Å². The number of hydrogen-bond donors (Lipinski definition) is 1. The number of carbonyl (C=O) groups excluding carboxylic acids is 1. The van der Waals surface area contributed by atoms with Gasteiger partial charge in [-0.25, -0.2) is 0 Å². The third-order valence-electron chi connectivity index (χ3n) is 5.24. The van der Waals surface area contributed by atoms with Crippen LogP contribution in [0.15, 0.2) is 42.3 Å². The van der Waals surface area contributed by atoms with Gasteiger partial charge in [-0.1, -0.05) is 41.4 Å². The van der Waals surface area contributed by atoms with Gasteiger partial charge in [0.25, 0.3) is 0 Å². The predicted octanol–water partition coefficient (Wildman–Crippen LogP) is 5.95. The van der Waals surface area contributed by atoms with Crippen LogP contribution >= 0.6 is 23.2 Å². The molecule has 158 valence electrons. The summed E-state index contributed by atoms with van der Waals surface area (Å²) in [5.41, 5.74) is 1.02. The van der Waals surface area contributed by atoms with Gasteiger partial charge in [0, 0.05) is 12.5 Å². The van der Waals surface area contributed by atoms with Crippen molar-refractivity contribution in [1.82, 2.24) is 5.32 Å². The maximum absolute atomic E-state index is 13.2. The van der Waals surface area contributed by atoms with Crippen LogP contribution < -0.4 is 5.32 Å². The van der Waals surface area contributed by atoms with Crippen molar-refractivity contribution < 1.29 is 22.7 Å². The molecule has 30 heavy (non-hydrogen) atoms. The molecule has 1 atom stereocenters. The molecule has 2 aromatic carbocycles. The topological polar surface area (TPSA) is 38.3 Å². The van der Waals surface area contributed by atoms with E-state index in [4.69, 9.17) is 27.9 Å². The third-order valence-corrected chi connectivity index (χ3v) is 6.08. The van der Waals surface area contributed by atoms with Crippen LogP contribution in [-0.2, 0) is 22.1 Å². The van der Waals surface area contributed by atoms with E-state index in [1.165, 1.54) is 12.1 Å². The zero-order chi connectivity index (χ0) is 21.6. The molecule has 4 rings (SSSR count). The number of alkyl halides is 3. The lowest BCUT2D eigenvalue weighted by Gasteiger charge is -2.15. The Balaban J connectivity index is 1.69. The summed E-state index contributed by atoms with van der Waals surface area (Å²) in [6.45, 7) is 1.85. The van der Waals surface area contributed by atoms with Gasteiger partial charge < -0.3 is 10.1 Å². The smallest absolute Gasteiger partial charge is 0.416 e. The molecule has 0 spiro atoms. The summed E-state index contributed by atoms with van der Waals surface area (Å²) in [5.74, 6) is -0.157. The standard InChI is InChI=1S/C22H18Cl2F3NO2/c1-11-5-8-16(23)19(24)15(11)10-17-20(29)18(21(30-17)28-14-6-7-14)12-3-2-4-13(9-12)22(25,26)27/h2-5,8-9,14,17,28H,6-7,10H2,1H3. The maximum atomic E-state index is 13.2. The van der Waals surface area contributed by atoms with Crippen LogP contribution in [0.5, 0.6) is 0 Å². The van der Waals surface area contributed by atoms with E-state index in [1.54, 1.807) is 12.1 Å². The van der Waals surface area contributed by atoms with Crippen molar-refractivity contribution in [1.29, 1.82) is 0 Å². The van der Waals surface area contributed by atoms with Crippen LogP contribution in [0.4, 0.5) is 13.2 Å². The van der Waals surface area contributed by atoms with E-state index in [0.717, 1.165) is 30.5 Å². The largest absolute Gasteiger partial charge is 0.467 e. The highest BCUT2D eigenvalue weighted by Crippen LogP contribution is 2.38. The van der Waals surface area contributed by atoms with Crippen LogP contribution in [0.3, 0.4) is 0 Å². The first-order valence-corrected chi connectivity index (χ1v) is 10.2. The molecule has 0 saturated heterocycles. The number of rotatable bonds is 5. The Hall–Kier alpha value is -2.18. The number of ketones is 1. The Bertz CT molecular complexity index is 1050. The van der Waals surface area contributed by atoms with Crippen LogP contribution in [0.2, 0.25) is 10.0 Å². The van der Waals surface area contributed by atoms with Crippen molar-refractivity contribution in [2.75, 3.05) is 0 Å². The summed E-state index contributed by atoms with van der Waals surface area (Å²) in [4.78, 5) is 13.2. The zero-order valence-corrected chi connectivity index (χ0v) is 17.5. The second kappa shape index (κ2) is 7.82. The number of ether oxygens (including phenoxy) is 1. The number of Topliss-reactive ketones (excluding diaryl/α,β-unsaturated/α-hetero) is 1. The Kier molecular flexibility index (Phi) is 5.49. The molecular weight excluding hydrogens is 438 g/mol. The summed E-state index contributed by atoms with van der Waals surface area (Å²) in [7, 11) is 0. The van der Waals surface area contributed by atoms with Crippen LogP contribution in [-0.4, -0.2) is 17.9 Å². The van der Waals surface area contributed by atoms with Gasteiger partial charge >= 0.3 is 6.18 Å². The molecule has 0 radical (unpaired) electrons. The minimum atomic E-state index is -4.51. The molecule has 1 saturated carbocycles. The fourth-order valence-electron chi connectivity index (χ4n) is 3.43. The van der Waals surface area contributed by atoms with Crippen molar-refractivity contribution >= 4 is 34.6 Å². The van der Waals surface area contributed by atoms with Crippen LogP contribution in [0.25, 0.3) is 5.57 Å². The second-order valence-corrected chi connectivity index (χ2v) is 8.32. The SMILES string of the molecule is Cc1ccc(Cl)c(Cl)c1CC1OC(NC2CC2)=C(c2cccc(C(F)(F)F)c2)C1=O. The second-order valence-electron chi connectivity index (χ2n) is 7.53. The van der Waals surface area contributed by atoms with Gasteiger partial charge in [-0.2, -0.15) is 13.2 Å². The summed E-state index contributed by atoms with van der Waals surface area (Å²) in [6, 6.07) is 8.36. The molecule has 0 amide bonds. The van der Waals surface area contributed by atoms with Gasteiger partial charge in [0.15, 0.2) is 12.0 Å². The molecule has 1 aliphatic heterocycles. The minimum Gasteiger partial charge on any atom is -0.467 e. The Labute approximate surface area is 181 Å². The van der Waals surface area contributed by atoms with E-state index in [-0.39, 0.29) is 35.3 Å². The molecule has 8 heteroatoms. The summed E-state index contributed by atoms with van der Waals surface area (Å²) in [5, 5.41) is 3.85. The monoisotopic (exact) mass is 455 g/mol. The molecule has 1 fully saturated rings. The van der Waals surface area contributed by atoms with Crippen molar-refractivity contribution in [2.45, 2.75) is 44.5 Å². The van der Waals surface area contributed by atoms with Crippen molar-refractivity contribution in [3.63, 3.8) is 0 Å².